The molecule has 3 fully saturated rings. The number of esters is 1. The van der Waals surface area contributed by atoms with Gasteiger partial charge in [0.25, 0.3) is 0 Å². The molecule has 0 aliphatic carbocycles. The minimum atomic E-state index is -4.88. The zero-order valence-electron chi connectivity index (χ0n) is 18.0. The summed E-state index contributed by atoms with van der Waals surface area (Å²) in [6.45, 7) is 4.62. The van der Waals surface area contributed by atoms with Crippen molar-refractivity contribution in [3.05, 3.63) is 29.3 Å². The second kappa shape index (κ2) is 7.01. The van der Waals surface area contributed by atoms with Crippen molar-refractivity contribution in [2.75, 3.05) is 11.5 Å². The maximum absolute atomic E-state index is 13.4. The summed E-state index contributed by atoms with van der Waals surface area (Å²) in [5.74, 6) is -5.09. The topological polar surface area (TPSA) is 117 Å². The third kappa shape index (κ3) is 2.93. The summed E-state index contributed by atoms with van der Waals surface area (Å²) in [7, 11) is 0. The van der Waals surface area contributed by atoms with E-state index in [4.69, 9.17) is 14.7 Å². The van der Waals surface area contributed by atoms with Crippen LogP contribution < -0.4 is 4.90 Å². The summed E-state index contributed by atoms with van der Waals surface area (Å²) in [6.07, 6.45) is -4.70. The summed E-state index contributed by atoms with van der Waals surface area (Å²) in [4.78, 5) is 40.0. The molecule has 11 heteroatoms. The smallest absolute Gasteiger partial charge is 0.417 e. The Bertz CT molecular complexity index is 1110. The Labute approximate surface area is 186 Å². The number of amides is 2. The van der Waals surface area contributed by atoms with Crippen LogP contribution in [0.15, 0.2) is 18.2 Å². The zero-order valence-corrected chi connectivity index (χ0v) is 18.0. The summed E-state index contributed by atoms with van der Waals surface area (Å²) in [5.41, 5.74) is -7.74. The first-order chi connectivity index (χ1) is 15.2. The zero-order chi connectivity index (χ0) is 24.6. The third-order valence-electron chi connectivity index (χ3n) is 6.89. The van der Waals surface area contributed by atoms with Gasteiger partial charge in [0.15, 0.2) is 5.60 Å². The van der Waals surface area contributed by atoms with Crippen molar-refractivity contribution in [1.29, 1.82) is 5.26 Å². The lowest BCUT2D eigenvalue weighted by Crippen LogP contribution is -2.62. The van der Waals surface area contributed by atoms with Crippen molar-refractivity contribution in [3.8, 4) is 6.07 Å². The van der Waals surface area contributed by atoms with Gasteiger partial charge in [-0.3, -0.25) is 9.59 Å². The number of rotatable bonds is 4. The van der Waals surface area contributed by atoms with E-state index in [0.29, 0.717) is 17.4 Å². The summed E-state index contributed by atoms with van der Waals surface area (Å²) in [5, 5.41) is 20.3. The Morgan fingerprint density at radius 1 is 1.30 bits per heavy atom. The van der Waals surface area contributed by atoms with Gasteiger partial charge in [-0.05, 0) is 38.5 Å². The number of hydrogen-bond donors (Lipinski definition) is 1. The number of ether oxygens (including phenoxy) is 2. The minimum absolute atomic E-state index is 0.0342. The molecule has 2 bridgehead atoms. The number of aliphatic hydroxyl groups is 1. The number of imide groups is 1. The van der Waals surface area contributed by atoms with Gasteiger partial charge in [-0.1, -0.05) is 6.92 Å². The fourth-order valence-electron chi connectivity index (χ4n) is 5.47. The second-order valence-corrected chi connectivity index (χ2v) is 9.00. The van der Waals surface area contributed by atoms with E-state index in [9.17, 15) is 32.7 Å². The van der Waals surface area contributed by atoms with E-state index in [1.54, 1.807) is 6.92 Å². The number of fused-ring (bicyclic) bond motifs is 5. The second-order valence-electron chi connectivity index (χ2n) is 9.00. The van der Waals surface area contributed by atoms with E-state index in [1.165, 1.54) is 19.9 Å². The average Bonchev–Trinajstić information content (AvgIpc) is 3.24. The average molecular weight is 466 g/mol. The van der Waals surface area contributed by atoms with Gasteiger partial charge in [0.1, 0.15) is 5.60 Å². The van der Waals surface area contributed by atoms with Gasteiger partial charge in [-0.15, -0.1) is 0 Å². The maximum atomic E-state index is 13.4. The van der Waals surface area contributed by atoms with E-state index < -0.39 is 63.7 Å². The monoisotopic (exact) mass is 466 g/mol. The maximum Gasteiger partial charge on any atom is 0.417 e. The molecule has 3 aliphatic rings. The highest BCUT2D eigenvalue weighted by Crippen LogP contribution is 2.65. The molecule has 1 aromatic rings. The van der Waals surface area contributed by atoms with Crippen molar-refractivity contribution < 1.29 is 42.1 Å². The van der Waals surface area contributed by atoms with Gasteiger partial charge in [0.2, 0.25) is 11.8 Å². The normalized spacial score (nSPS) is 35.0. The lowest BCUT2D eigenvalue weighted by Gasteiger charge is -2.40. The fourth-order valence-corrected chi connectivity index (χ4v) is 5.47. The van der Waals surface area contributed by atoms with Crippen LogP contribution in [-0.2, 0) is 30.0 Å². The number of nitrogens with zero attached hydrogens (tertiary/aromatic N) is 2. The lowest BCUT2D eigenvalue weighted by molar-refractivity contribution is -0.188. The van der Waals surface area contributed by atoms with Gasteiger partial charge in [-0.2, -0.15) is 18.4 Å². The standard InChI is InChI=1S/C22H21F3N2O6/c1-4-7-32-18(30)21(31)10-19(2)14-15(20(21,3)33-19)17(29)27(16(14)28)12-6-5-11(9-26)13(8-12)22(23,24)25/h5-6,8,14-15,31H,4,7,10H2,1-3H3/t14-,15+,19?,20?,21-/m1/s1. The van der Waals surface area contributed by atoms with E-state index in [-0.39, 0.29) is 18.7 Å². The molecule has 33 heavy (non-hydrogen) atoms. The molecule has 4 rings (SSSR count). The first-order valence-corrected chi connectivity index (χ1v) is 10.3. The molecule has 0 spiro atoms. The van der Waals surface area contributed by atoms with Crippen molar-refractivity contribution in [2.45, 2.75) is 56.6 Å². The first kappa shape index (κ1) is 23.2. The number of hydrogen-bond acceptors (Lipinski definition) is 7. The van der Waals surface area contributed by atoms with Crippen LogP contribution in [-0.4, -0.2) is 46.3 Å². The van der Waals surface area contributed by atoms with Crippen LogP contribution in [0.4, 0.5) is 18.9 Å². The number of carbonyl (C=O) groups excluding carboxylic acids is 3. The molecule has 1 aromatic carbocycles. The largest absolute Gasteiger partial charge is 0.463 e. The molecular formula is C22H21F3N2O6. The minimum Gasteiger partial charge on any atom is -0.463 e. The van der Waals surface area contributed by atoms with Crippen LogP contribution in [0, 0.1) is 23.2 Å². The Hall–Kier alpha value is -2.97. The highest BCUT2D eigenvalue weighted by Gasteiger charge is 2.82. The molecular weight excluding hydrogens is 445 g/mol. The lowest BCUT2D eigenvalue weighted by atomic mass is 9.61. The molecule has 8 nitrogen and oxygen atoms in total. The van der Waals surface area contributed by atoms with Crippen molar-refractivity contribution in [3.63, 3.8) is 0 Å². The Morgan fingerprint density at radius 2 is 1.94 bits per heavy atom. The highest BCUT2D eigenvalue weighted by molar-refractivity contribution is 6.23. The molecule has 0 saturated carbocycles. The molecule has 3 heterocycles. The SMILES string of the molecule is CCCOC(=O)[C@]1(O)CC2(C)OC1(C)[C@@H]1C(=O)N(c3ccc(C#N)c(C(F)(F)F)c3)C(=O)[C@@H]12. The molecule has 3 aliphatic heterocycles. The molecule has 3 saturated heterocycles. The Balaban J connectivity index is 1.77. The summed E-state index contributed by atoms with van der Waals surface area (Å²) in [6, 6.07) is 3.99. The predicted octanol–water partition coefficient (Wildman–Crippen LogP) is 2.32. The molecule has 5 atom stereocenters. The van der Waals surface area contributed by atoms with E-state index in [1.807, 2.05) is 0 Å². The van der Waals surface area contributed by atoms with Crippen LogP contribution >= 0.6 is 0 Å². The van der Waals surface area contributed by atoms with Crippen molar-refractivity contribution in [2.24, 2.45) is 11.8 Å². The summed E-state index contributed by atoms with van der Waals surface area (Å²) < 4.78 is 51.3. The number of anilines is 1. The first-order valence-electron chi connectivity index (χ1n) is 10.3. The quantitative estimate of drug-likeness (QED) is 0.535. The molecule has 176 valence electrons. The van der Waals surface area contributed by atoms with Crippen LogP contribution in [0.2, 0.25) is 0 Å². The van der Waals surface area contributed by atoms with Crippen molar-refractivity contribution in [1.82, 2.24) is 0 Å². The van der Waals surface area contributed by atoms with Gasteiger partial charge in [0.05, 0.1) is 46.9 Å². The fraction of sp³-hybridized carbons (Fsp3) is 0.545. The number of nitriles is 1. The third-order valence-corrected chi connectivity index (χ3v) is 6.89. The number of halogens is 3. The van der Waals surface area contributed by atoms with E-state index in [2.05, 4.69) is 0 Å². The van der Waals surface area contributed by atoms with E-state index in [0.717, 1.165) is 12.1 Å². The van der Waals surface area contributed by atoms with E-state index >= 15 is 0 Å². The van der Waals surface area contributed by atoms with Gasteiger partial charge < -0.3 is 14.6 Å². The predicted molar refractivity (Wildman–Crippen MR) is 104 cm³/mol. The molecule has 1 N–H and O–H groups in total. The molecule has 0 radical (unpaired) electrons. The summed E-state index contributed by atoms with van der Waals surface area (Å²) >= 11 is 0. The molecule has 2 unspecified atom stereocenters. The van der Waals surface area contributed by atoms with Crippen LogP contribution in [0.25, 0.3) is 0 Å². The Kier molecular flexibility index (Phi) is 4.93. The van der Waals surface area contributed by atoms with Crippen LogP contribution in [0.1, 0.15) is 44.7 Å². The number of carbonyl (C=O) groups is 3. The highest BCUT2D eigenvalue weighted by atomic mass is 19.4. The van der Waals surface area contributed by atoms with Crippen LogP contribution in [0.3, 0.4) is 0 Å². The molecule has 2 amide bonds. The number of alkyl halides is 3. The van der Waals surface area contributed by atoms with Crippen molar-refractivity contribution >= 4 is 23.5 Å². The molecule has 0 aromatic heterocycles. The van der Waals surface area contributed by atoms with Gasteiger partial charge in [-0.25, -0.2) is 9.69 Å². The van der Waals surface area contributed by atoms with Gasteiger partial charge >= 0.3 is 12.1 Å². The van der Waals surface area contributed by atoms with Crippen LogP contribution in [0.5, 0.6) is 0 Å². The number of benzene rings is 1. The van der Waals surface area contributed by atoms with Gasteiger partial charge in [0, 0.05) is 6.42 Å². The Morgan fingerprint density at radius 3 is 2.52 bits per heavy atom.